The summed E-state index contributed by atoms with van der Waals surface area (Å²) in [5.41, 5.74) is 4.44. The van der Waals surface area contributed by atoms with Crippen LogP contribution in [-0.2, 0) is 0 Å². The normalized spacial score (nSPS) is 16.5. The number of anilines is 1. The number of hydrogen-bond acceptors (Lipinski definition) is 4. The van der Waals surface area contributed by atoms with Gasteiger partial charge < -0.3 is 10.2 Å². The van der Waals surface area contributed by atoms with E-state index in [2.05, 4.69) is 20.3 Å². The molecule has 4 rings (SSSR count). The van der Waals surface area contributed by atoms with Crippen molar-refractivity contribution in [2.45, 2.75) is 20.0 Å². The second kappa shape index (κ2) is 5.73. The molecule has 6 heteroatoms. The molecule has 1 N–H and O–H groups in total. The van der Waals surface area contributed by atoms with Gasteiger partial charge in [-0.25, -0.2) is 9.67 Å². The number of aromatic nitrogens is 3. The van der Waals surface area contributed by atoms with E-state index in [0.29, 0.717) is 5.56 Å². The molecular formula is C19H19N5O. The largest absolute Gasteiger partial charge is 0.350 e. The van der Waals surface area contributed by atoms with Gasteiger partial charge in [-0.05, 0) is 38.1 Å². The van der Waals surface area contributed by atoms with Gasteiger partial charge in [0.2, 0.25) is 0 Å². The smallest absolute Gasteiger partial charge is 0.255 e. The maximum atomic E-state index is 12.5. The number of carbonyl (C=O) groups is 1. The van der Waals surface area contributed by atoms with E-state index in [1.54, 1.807) is 6.20 Å². The molecule has 0 bridgehead atoms. The number of hydrogen-bond donors (Lipinski definition) is 1. The van der Waals surface area contributed by atoms with E-state index in [1.807, 2.05) is 68.0 Å². The van der Waals surface area contributed by atoms with Crippen LogP contribution in [0.15, 0.2) is 48.7 Å². The van der Waals surface area contributed by atoms with Crippen LogP contribution in [0.1, 0.15) is 33.5 Å². The van der Waals surface area contributed by atoms with Gasteiger partial charge in [0.15, 0.2) is 5.82 Å². The molecule has 0 aliphatic carbocycles. The highest BCUT2D eigenvalue weighted by Gasteiger charge is 2.33. The van der Waals surface area contributed by atoms with Gasteiger partial charge in [0.25, 0.3) is 5.91 Å². The second-order valence-electron chi connectivity index (χ2n) is 6.19. The van der Waals surface area contributed by atoms with Crippen LogP contribution in [0, 0.1) is 13.8 Å². The zero-order valence-electron chi connectivity index (χ0n) is 14.4. The number of nitrogens with zero attached hydrogens (tertiary/aromatic N) is 4. The van der Waals surface area contributed by atoms with E-state index in [0.717, 1.165) is 28.5 Å². The highest BCUT2D eigenvalue weighted by molar-refractivity contribution is 6.02. The molecule has 1 unspecified atom stereocenters. The molecular weight excluding hydrogens is 314 g/mol. The Bertz CT molecular complexity index is 948. The first kappa shape index (κ1) is 15.4. The maximum absolute atomic E-state index is 12.5. The third kappa shape index (κ3) is 2.38. The molecule has 1 amide bonds. The zero-order valence-corrected chi connectivity index (χ0v) is 14.4. The fourth-order valence-corrected chi connectivity index (χ4v) is 3.43. The summed E-state index contributed by atoms with van der Waals surface area (Å²) >= 11 is 0. The Labute approximate surface area is 146 Å². The van der Waals surface area contributed by atoms with Gasteiger partial charge in [-0.1, -0.05) is 18.2 Å². The van der Waals surface area contributed by atoms with Gasteiger partial charge in [-0.15, -0.1) is 0 Å². The van der Waals surface area contributed by atoms with Gasteiger partial charge in [0, 0.05) is 18.8 Å². The summed E-state index contributed by atoms with van der Waals surface area (Å²) in [5.74, 6) is 0.697. The Morgan fingerprint density at radius 2 is 1.84 bits per heavy atom. The van der Waals surface area contributed by atoms with Crippen molar-refractivity contribution in [3.63, 3.8) is 0 Å². The summed E-state index contributed by atoms with van der Waals surface area (Å²) in [6, 6.07) is 13.4. The van der Waals surface area contributed by atoms with Crippen LogP contribution >= 0.6 is 0 Å². The number of pyridine rings is 1. The standard InChI is InChI=1S/C19H19N5O/c1-12-17(13(2)24(22-12)16-10-6-7-11-20-16)18-21-19(25)14-8-4-5-9-15(14)23(18)3/h4-11,18H,1-3H3,(H,21,25). The topological polar surface area (TPSA) is 63.1 Å². The summed E-state index contributed by atoms with van der Waals surface area (Å²) in [7, 11) is 1.99. The number of rotatable bonds is 2. The molecule has 0 fully saturated rings. The molecule has 1 aromatic carbocycles. The van der Waals surface area contributed by atoms with Crippen LogP contribution in [0.25, 0.3) is 5.82 Å². The Morgan fingerprint density at radius 3 is 2.60 bits per heavy atom. The third-order valence-electron chi connectivity index (χ3n) is 4.67. The van der Waals surface area contributed by atoms with Crippen LogP contribution in [-0.4, -0.2) is 27.7 Å². The number of para-hydroxylation sites is 1. The number of carbonyl (C=O) groups excluding carboxylic acids is 1. The molecule has 3 heterocycles. The van der Waals surface area contributed by atoms with Crippen LogP contribution in [0.3, 0.4) is 0 Å². The molecule has 1 aliphatic rings. The van der Waals surface area contributed by atoms with Crippen molar-refractivity contribution in [1.82, 2.24) is 20.1 Å². The van der Waals surface area contributed by atoms with Gasteiger partial charge in [0.1, 0.15) is 6.17 Å². The molecule has 25 heavy (non-hydrogen) atoms. The maximum Gasteiger partial charge on any atom is 0.255 e. The number of fused-ring (bicyclic) bond motifs is 1. The SMILES string of the molecule is Cc1nn(-c2ccccn2)c(C)c1C1NC(=O)c2ccccc2N1C. The molecule has 0 spiro atoms. The summed E-state index contributed by atoms with van der Waals surface area (Å²) in [6.45, 7) is 3.97. The van der Waals surface area contributed by atoms with Crippen molar-refractivity contribution in [2.24, 2.45) is 0 Å². The van der Waals surface area contributed by atoms with Crippen molar-refractivity contribution in [2.75, 3.05) is 11.9 Å². The zero-order chi connectivity index (χ0) is 17.6. The van der Waals surface area contributed by atoms with E-state index in [1.165, 1.54) is 0 Å². The molecule has 126 valence electrons. The minimum absolute atomic E-state index is 0.0666. The number of benzene rings is 1. The number of nitrogens with one attached hydrogen (secondary N) is 1. The van der Waals surface area contributed by atoms with Gasteiger partial charge in [-0.3, -0.25) is 4.79 Å². The third-order valence-corrected chi connectivity index (χ3v) is 4.67. The molecule has 6 nitrogen and oxygen atoms in total. The number of aryl methyl sites for hydroxylation is 1. The highest BCUT2D eigenvalue weighted by Crippen LogP contribution is 2.34. The van der Waals surface area contributed by atoms with Crippen molar-refractivity contribution >= 4 is 11.6 Å². The molecule has 0 saturated carbocycles. The first-order valence-corrected chi connectivity index (χ1v) is 8.18. The summed E-state index contributed by atoms with van der Waals surface area (Å²) in [4.78, 5) is 19.0. The van der Waals surface area contributed by atoms with E-state index in [-0.39, 0.29) is 12.1 Å². The lowest BCUT2D eigenvalue weighted by Gasteiger charge is -2.36. The minimum Gasteiger partial charge on any atom is -0.350 e. The average Bonchev–Trinajstić information content (AvgIpc) is 2.93. The Balaban J connectivity index is 1.81. The minimum atomic E-state index is -0.264. The Kier molecular flexibility index (Phi) is 3.53. The van der Waals surface area contributed by atoms with Crippen molar-refractivity contribution < 1.29 is 4.79 Å². The van der Waals surface area contributed by atoms with Gasteiger partial charge in [-0.2, -0.15) is 5.10 Å². The monoisotopic (exact) mass is 333 g/mol. The molecule has 0 saturated heterocycles. The van der Waals surface area contributed by atoms with Crippen LogP contribution in [0.4, 0.5) is 5.69 Å². The summed E-state index contributed by atoms with van der Waals surface area (Å²) < 4.78 is 1.82. The van der Waals surface area contributed by atoms with Crippen LogP contribution < -0.4 is 10.2 Å². The fraction of sp³-hybridized carbons (Fsp3) is 0.211. The quantitative estimate of drug-likeness (QED) is 0.783. The lowest BCUT2D eigenvalue weighted by atomic mass is 10.0. The average molecular weight is 333 g/mol. The Hall–Kier alpha value is -3.15. The summed E-state index contributed by atoms with van der Waals surface area (Å²) in [6.07, 6.45) is 1.48. The first-order valence-electron chi connectivity index (χ1n) is 8.18. The van der Waals surface area contributed by atoms with Gasteiger partial charge in [0.05, 0.1) is 22.6 Å². The van der Waals surface area contributed by atoms with E-state index < -0.39 is 0 Å². The van der Waals surface area contributed by atoms with Crippen LogP contribution in [0.5, 0.6) is 0 Å². The van der Waals surface area contributed by atoms with Crippen molar-refractivity contribution in [3.8, 4) is 5.82 Å². The van der Waals surface area contributed by atoms with Crippen molar-refractivity contribution in [3.05, 3.63) is 71.2 Å². The van der Waals surface area contributed by atoms with E-state index >= 15 is 0 Å². The lowest BCUT2D eigenvalue weighted by Crippen LogP contribution is -2.45. The molecule has 0 radical (unpaired) electrons. The molecule has 2 aromatic heterocycles. The predicted molar refractivity (Wildman–Crippen MR) is 95.9 cm³/mol. The molecule has 1 aliphatic heterocycles. The van der Waals surface area contributed by atoms with Gasteiger partial charge >= 0.3 is 0 Å². The first-order chi connectivity index (χ1) is 12.1. The molecule has 1 atom stereocenters. The second-order valence-corrected chi connectivity index (χ2v) is 6.19. The van der Waals surface area contributed by atoms with Crippen LogP contribution in [0.2, 0.25) is 0 Å². The predicted octanol–water partition coefficient (Wildman–Crippen LogP) is 2.76. The van der Waals surface area contributed by atoms with Crippen molar-refractivity contribution in [1.29, 1.82) is 0 Å². The number of amides is 1. The van der Waals surface area contributed by atoms with E-state index in [9.17, 15) is 4.79 Å². The Morgan fingerprint density at radius 1 is 1.08 bits per heavy atom. The summed E-state index contributed by atoms with van der Waals surface area (Å²) in [5, 5.41) is 7.75. The fourth-order valence-electron chi connectivity index (χ4n) is 3.43. The lowest BCUT2D eigenvalue weighted by molar-refractivity contribution is 0.0928. The van der Waals surface area contributed by atoms with E-state index in [4.69, 9.17) is 0 Å². The highest BCUT2D eigenvalue weighted by atomic mass is 16.2. The molecule has 3 aromatic rings.